The van der Waals surface area contributed by atoms with E-state index < -0.39 is 11.4 Å². The zero-order valence-corrected chi connectivity index (χ0v) is 12.5. The van der Waals surface area contributed by atoms with E-state index in [0.29, 0.717) is 22.1 Å². The van der Waals surface area contributed by atoms with E-state index >= 15 is 0 Å². The van der Waals surface area contributed by atoms with Gasteiger partial charge in [-0.1, -0.05) is 32.4 Å². The molecule has 0 unspecified atom stereocenters. The lowest BCUT2D eigenvalue weighted by atomic mass is 9.95. The van der Waals surface area contributed by atoms with Crippen LogP contribution in [0.3, 0.4) is 0 Å². The number of benzene rings is 1. The van der Waals surface area contributed by atoms with Crippen LogP contribution in [0.4, 0.5) is 0 Å². The molecule has 6 nitrogen and oxygen atoms in total. The maximum atomic E-state index is 11.1. The molecule has 0 fully saturated rings. The molecule has 2 aromatic rings. The first-order valence-corrected chi connectivity index (χ1v) is 6.52. The van der Waals surface area contributed by atoms with Crippen LogP contribution < -0.4 is 0 Å². The van der Waals surface area contributed by atoms with Crippen LogP contribution >= 0.6 is 11.6 Å². The molecule has 0 atom stereocenters. The minimum absolute atomic E-state index is 0.307. The van der Waals surface area contributed by atoms with Crippen molar-refractivity contribution >= 4 is 17.6 Å². The van der Waals surface area contributed by atoms with Gasteiger partial charge < -0.3 is 5.11 Å². The Balaban J connectivity index is 2.74. The van der Waals surface area contributed by atoms with Crippen molar-refractivity contribution in [3.05, 3.63) is 40.4 Å². The molecule has 0 aliphatic carbocycles. The third kappa shape index (κ3) is 2.88. The van der Waals surface area contributed by atoms with E-state index in [2.05, 4.69) is 10.1 Å². The lowest BCUT2D eigenvalue weighted by Crippen LogP contribution is -2.19. The van der Waals surface area contributed by atoms with E-state index in [0.717, 1.165) is 0 Å². The van der Waals surface area contributed by atoms with Crippen LogP contribution in [-0.2, 0) is 5.41 Å². The van der Waals surface area contributed by atoms with E-state index in [1.807, 2.05) is 26.8 Å². The summed E-state index contributed by atoms with van der Waals surface area (Å²) in [4.78, 5) is 15.2. The SMILES string of the molecule is CC(C)(C)c1nc(C(=O)O)nn1-c1cc(C#N)ccc1Cl. The largest absolute Gasteiger partial charge is 0.475 e. The molecule has 0 saturated carbocycles. The number of carboxylic acid groups (broad SMARTS) is 1. The Morgan fingerprint density at radius 3 is 2.62 bits per heavy atom. The van der Waals surface area contributed by atoms with Gasteiger partial charge in [0.25, 0.3) is 5.82 Å². The van der Waals surface area contributed by atoms with Gasteiger partial charge >= 0.3 is 5.97 Å². The Morgan fingerprint density at radius 2 is 2.10 bits per heavy atom. The summed E-state index contributed by atoms with van der Waals surface area (Å²) in [6, 6.07) is 6.72. The fraction of sp³-hybridized carbons (Fsp3) is 0.286. The fourth-order valence-corrected chi connectivity index (χ4v) is 2.00. The van der Waals surface area contributed by atoms with Gasteiger partial charge in [0, 0.05) is 5.41 Å². The monoisotopic (exact) mass is 304 g/mol. The molecule has 0 bridgehead atoms. The summed E-state index contributed by atoms with van der Waals surface area (Å²) >= 11 is 6.15. The number of carboxylic acids is 1. The predicted octanol–water partition coefficient (Wildman–Crippen LogP) is 2.79. The van der Waals surface area contributed by atoms with Gasteiger partial charge in [0.1, 0.15) is 5.82 Å². The van der Waals surface area contributed by atoms with Crippen LogP contribution in [0.1, 0.15) is 42.8 Å². The molecule has 0 aliphatic rings. The van der Waals surface area contributed by atoms with Crippen LogP contribution in [0.25, 0.3) is 5.69 Å². The molecule has 108 valence electrons. The van der Waals surface area contributed by atoms with Crippen molar-refractivity contribution < 1.29 is 9.90 Å². The quantitative estimate of drug-likeness (QED) is 0.921. The van der Waals surface area contributed by atoms with Crippen LogP contribution in [-0.4, -0.2) is 25.8 Å². The molecular weight excluding hydrogens is 292 g/mol. The standard InChI is InChI=1S/C14H13ClN4O2/c1-14(2,3)13-17-11(12(20)21)18-19(13)10-6-8(7-16)4-5-9(10)15/h4-6H,1-3H3,(H,20,21). The maximum absolute atomic E-state index is 11.1. The van der Waals surface area contributed by atoms with E-state index in [4.69, 9.17) is 22.0 Å². The number of rotatable bonds is 2. The highest BCUT2D eigenvalue weighted by molar-refractivity contribution is 6.32. The van der Waals surface area contributed by atoms with Gasteiger partial charge in [-0.2, -0.15) is 5.26 Å². The minimum atomic E-state index is -1.22. The van der Waals surface area contributed by atoms with Gasteiger partial charge in [-0.15, -0.1) is 5.10 Å². The molecule has 1 N–H and O–H groups in total. The third-order valence-corrected chi connectivity index (χ3v) is 3.09. The van der Waals surface area contributed by atoms with Crippen molar-refractivity contribution in [2.45, 2.75) is 26.2 Å². The summed E-state index contributed by atoms with van der Waals surface area (Å²) in [5.41, 5.74) is 0.398. The Kier molecular flexibility index (Phi) is 3.71. The average Bonchev–Trinajstić information content (AvgIpc) is 2.84. The van der Waals surface area contributed by atoms with Crippen molar-refractivity contribution in [3.63, 3.8) is 0 Å². The lowest BCUT2D eigenvalue weighted by Gasteiger charge is -2.18. The van der Waals surface area contributed by atoms with Crippen molar-refractivity contribution in [1.29, 1.82) is 5.26 Å². The van der Waals surface area contributed by atoms with Crippen LogP contribution in [0.2, 0.25) is 5.02 Å². The topological polar surface area (TPSA) is 91.8 Å². The molecule has 1 aromatic carbocycles. The van der Waals surface area contributed by atoms with Gasteiger partial charge in [-0.25, -0.2) is 14.5 Å². The molecule has 0 radical (unpaired) electrons. The zero-order valence-electron chi connectivity index (χ0n) is 11.8. The average molecular weight is 305 g/mol. The Bertz CT molecular complexity index is 753. The molecule has 2 rings (SSSR count). The van der Waals surface area contributed by atoms with Crippen molar-refractivity contribution in [2.75, 3.05) is 0 Å². The van der Waals surface area contributed by atoms with Crippen molar-refractivity contribution in [1.82, 2.24) is 14.8 Å². The first-order valence-electron chi connectivity index (χ1n) is 6.15. The van der Waals surface area contributed by atoms with Gasteiger partial charge in [-0.05, 0) is 18.2 Å². The summed E-state index contributed by atoms with van der Waals surface area (Å²) in [6.45, 7) is 5.67. The molecule has 7 heteroatoms. The van der Waals surface area contributed by atoms with Gasteiger partial charge in [0.05, 0.1) is 22.3 Å². The first-order chi connectivity index (χ1) is 9.74. The second kappa shape index (κ2) is 5.19. The van der Waals surface area contributed by atoms with E-state index in [1.54, 1.807) is 18.2 Å². The fourth-order valence-electron chi connectivity index (χ4n) is 1.80. The van der Waals surface area contributed by atoms with Gasteiger partial charge in [0.15, 0.2) is 0 Å². The smallest absolute Gasteiger partial charge is 0.375 e. The molecule has 1 heterocycles. The minimum Gasteiger partial charge on any atom is -0.475 e. The summed E-state index contributed by atoms with van der Waals surface area (Å²) in [6.07, 6.45) is 0. The molecule has 0 saturated heterocycles. The number of nitrogens with zero attached hydrogens (tertiary/aromatic N) is 4. The number of carbonyl (C=O) groups is 1. The van der Waals surface area contributed by atoms with Gasteiger partial charge in [-0.3, -0.25) is 0 Å². The number of halogens is 1. The Labute approximate surface area is 126 Å². The maximum Gasteiger partial charge on any atom is 0.375 e. The van der Waals surface area contributed by atoms with Crippen molar-refractivity contribution in [2.24, 2.45) is 0 Å². The summed E-state index contributed by atoms with van der Waals surface area (Å²) < 4.78 is 1.38. The van der Waals surface area contributed by atoms with E-state index in [9.17, 15) is 4.79 Å². The highest BCUT2D eigenvalue weighted by Crippen LogP contribution is 2.27. The second-order valence-electron chi connectivity index (χ2n) is 5.50. The third-order valence-electron chi connectivity index (χ3n) is 2.77. The van der Waals surface area contributed by atoms with Gasteiger partial charge in [0.2, 0.25) is 0 Å². The molecule has 0 spiro atoms. The Morgan fingerprint density at radius 1 is 1.43 bits per heavy atom. The lowest BCUT2D eigenvalue weighted by molar-refractivity contribution is 0.0683. The normalized spacial score (nSPS) is 11.2. The first kappa shape index (κ1) is 15.0. The molecule has 0 aliphatic heterocycles. The van der Waals surface area contributed by atoms with E-state index in [-0.39, 0.29) is 5.82 Å². The summed E-state index contributed by atoms with van der Waals surface area (Å²) in [7, 11) is 0. The molecule has 1 aromatic heterocycles. The summed E-state index contributed by atoms with van der Waals surface area (Å²) in [5, 5.41) is 22.4. The van der Waals surface area contributed by atoms with Crippen LogP contribution in [0.15, 0.2) is 18.2 Å². The number of aromatic carboxylic acids is 1. The van der Waals surface area contributed by atoms with E-state index in [1.165, 1.54) is 4.68 Å². The van der Waals surface area contributed by atoms with Crippen LogP contribution in [0.5, 0.6) is 0 Å². The molecule has 21 heavy (non-hydrogen) atoms. The molecular formula is C14H13ClN4O2. The highest BCUT2D eigenvalue weighted by atomic mass is 35.5. The predicted molar refractivity (Wildman–Crippen MR) is 76.7 cm³/mol. The highest BCUT2D eigenvalue weighted by Gasteiger charge is 2.26. The summed E-state index contributed by atoms with van der Waals surface area (Å²) in [5.74, 6) is -1.07. The number of hydrogen-bond acceptors (Lipinski definition) is 4. The number of aromatic nitrogens is 3. The zero-order chi connectivity index (χ0) is 15.8. The van der Waals surface area contributed by atoms with Crippen molar-refractivity contribution in [3.8, 4) is 11.8 Å². The number of nitriles is 1. The van der Waals surface area contributed by atoms with Crippen LogP contribution in [0, 0.1) is 11.3 Å². The second-order valence-corrected chi connectivity index (χ2v) is 5.91. The molecule has 0 amide bonds. The number of hydrogen-bond donors (Lipinski definition) is 1. The Hall–Kier alpha value is -2.39.